The van der Waals surface area contributed by atoms with Crippen LogP contribution in [0.1, 0.15) is 6.92 Å². The van der Waals surface area contributed by atoms with Gasteiger partial charge in [-0.2, -0.15) is 0 Å². The number of nitrogens with two attached hydrogens (primary N) is 1. The molecule has 1 rings (SSSR count). The molecule has 0 fully saturated rings. The van der Waals surface area contributed by atoms with E-state index in [1.807, 2.05) is 0 Å². The van der Waals surface area contributed by atoms with Gasteiger partial charge in [0.25, 0.3) is 0 Å². The SMILES string of the molecule is CNS(=O)(=O)c1cccc(NC(=O)C(C)CN)c1.Cl. The molecular weight excluding hydrogens is 290 g/mol. The van der Waals surface area contributed by atoms with Crippen LogP contribution in [0.25, 0.3) is 0 Å². The van der Waals surface area contributed by atoms with E-state index in [1.54, 1.807) is 19.1 Å². The van der Waals surface area contributed by atoms with Crippen LogP contribution in [-0.4, -0.2) is 27.9 Å². The summed E-state index contributed by atoms with van der Waals surface area (Å²) >= 11 is 0. The van der Waals surface area contributed by atoms with E-state index in [9.17, 15) is 13.2 Å². The largest absolute Gasteiger partial charge is 0.330 e. The van der Waals surface area contributed by atoms with Crippen LogP contribution in [0.15, 0.2) is 29.2 Å². The number of amides is 1. The molecule has 0 saturated carbocycles. The van der Waals surface area contributed by atoms with Crippen molar-refractivity contribution < 1.29 is 13.2 Å². The van der Waals surface area contributed by atoms with Crippen molar-refractivity contribution in [1.29, 1.82) is 0 Å². The average molecular weight is 308 g/mol. The van der Waals surface area contributed by atoms with E-state index >= 15 is 0 Å². The number of hydrogen-bond donors (Lipinski definition) is 3. The summed E-state index contributed by atoms with van der Waals surface area (Å²) in [5.74, 6) is -0.564. The van der Waals surface area contributed by atoms with Crippen LogP contribution in [0, 0.1) is 5.92 Å². The Morgan fingerprint density at radius 3 is 2.58 bits per heavy atom. The molecule has 0 radical (unpaired) electrons. The average Bonchev–Trinajstić information content (AvgIpc) is 2.38. The first-order valence-electron chi connectivity index (χ1n) is 5.45. The van der Waals surface area contributed by atoms with E-state index in [2.05, 4.69) is 10.0 Å². The smallest absolute Gasteiger partial charge is 0.240 e. The summed E-state index contributed by atoms with van der Waals surface area (Å²) < 4.78 is 25.4. The fraction of sp³-hybridized carbons (Fsp3) is 0.364. The van der Waals surface area contributed by atoms with Crippen LogP contribution in [0.3, 0.4) is 0 Å². The molecule has 0 aromatic heterocycles. The van der Waals surface area contributed by atoms with Crippen molar-refractivity contribution in [2.24, 2.45) is 11.7 Å². The lowest BCUT2D eigenvalue weighted by molar-refractivity contribution is -0.119. The maximum Gasteiger partial charge on any atom is 0.240 e. The Morgan fingerprint density at radius 2 is 2.05 bits per heavy atom. The Balaban J connectivity index is 0.00000324. The molecule has 4 N–H and O–H groups in total. The molecular formula is C11H18ClN3O3S. The van der Waals surface area contributed by atoms with Crippen LogP contribution in [0.5, 0.6) is 0 Å². The Bertz CT molecular complexity index is 534. The topological polar surface area (TPSA) is 101 Å². The summed E-state index contributed by atoms with van der Waals surface area (Å²) in [5.41, 5.74) is 5.81. The highest BCUT2D eigenvalue weighted by Crippen LogP contribution is 2.15. The fourth-order valence-electron chi connectivity index (χ4n) is 1.23. The summed E-state index contributed by atoms with van der Waals surface area (Å²) in [6, 6.07) is 6.03. The van der Waals surface area contributed by atoms with E-state index in [4.69, 9.17) is 5.73 Å². The van der Waals surface area contributed by atoms with Gasteiger partial charge in [-0.05, 0) is 25.2 Å². The minimum absolute atomic E-state index is 0. The number of anilines is 1. The number of nitrogens with one attached hydrogen (secondary N) is 2. The predicted molar refractivity (Wildman–Crippen MR) is 76.8 cm³/mol. The predicted octanol–water partition coefficient (Wildman–Crippen LogP) is 0.550. The molecule has 1 unspecified atom stereocenters. The van der Waals surface area contributed by atoms with E-state index in [0.717, 1.165) is 0 Å². The van der Waals surface area contributed by atoms with Crippen LogP contribution in [0.4, 0.5) is 5.69 Å². The van der Waals surface area contributed by atoms with Crippen molar-refractivity contribution in [2.45, 2.75) is 11.8 Å². The molecule has 6 nitrogen and oxygen atoms in total. The lowest BCUT2D eigenvalue weighted by atomic mass is 10.1. The minimum Gasteiger partial charge on any atom is -0.330 e. The van der Waals surface area contributed by atoms with Gasteiger partial charge in [-0.3, -0.25) is 4.79 Å². The maximum absolute atomic E-state index is 11.6. The summed E-state index contributed by atoms with van der Waals surface area (Å²) in [7, 11) is -2.18. The van der Waals surface area contributed by atoms with Gasteiger partial charge in [-0.15, -0.1) is 12.4 Å². The highest BCUT2D eigenvalue weighted by Gasteiger charge is 2.14. The molecule has 1 atom stereocenters. The van der Waals surface area contributed by atoms with Crippen LogP contribution in [0.2, 0.25) is 0 Å². The van der Waals surface area contributed by atoms with Crippen molar-refractivity contribution in [3.63, 3.8) is 0 Å². The van der Waals surface area contributed by atoms with Gasteiger partial charge in [0.15, 0.2) is 0 Å². The second-order valence-electron chi connectivity index (χ2n) is 3.86. The first-order valence-corrected chi connectivity index (χ1v) is 6.93. The van der Waals surface area contributed by atoms with Crippen LogP contribution in [-0.2, 0) is 14.8 Å². The molecule has 0 saturated heterocycles. The van der Waals surface area contributed by atoms with Crippen LogP contribution < -0.4 is 15.8 Å². The summed E-state index contributed by atoms with van der Waals surface area (Å²) in [6.45, 7) is 1.93. The molecule has 108 valence electrons. The third-order valence-electron chi connectivity index (χ3n) is 2.48. The molecule has 19 heavy (non-hydrogen) atoms. The Labute approximate surface area is 119 Å². The lowest BCUT2D eigenvalue weighted by Gasteiger charge is -2.11. The van der Waals surface area contributed by atoms with Crippen molar-refractivity contribution in [3.8, 4) is 0 Å². The van der Waals surface area contributed by atoms with Gasteiger partial charge in [0, 0.05) is 18.2 Å². The Hall–Kier alpha value is -1.15. The van der Waals surface area contributed by atoms with E-state index in [0.29, 0.717) is 5.69 Å². The normalized spacial score (nSPS) is 12.4. The highest BCUT2D eigenvalue weighted by molar-refractivity contribution is 7.89. The monoisotopic (exact) mass is 307 g/mol. The van der Waals surface area contributed by atoms with Gasteiger partial charge in [-0.25, -0.2) is 13.1 Å². The second kappa shape index (κ2) is 7.44. The number of sulfonamides is 1. The molecule has 0 spiro atoms. The van der Waals surface area contributed by atoms with Crippen molar-refractivity contribution in [1.82, 2.24) is 4.72 Å². The molecule has 1 aromatic rings. The van der Waals surface area contributed by atoms with Gasteiger partial charge >= 0.3 is 0 Å². The van der Waals surface area contributed by atoms with Crippen molar-refractivity contribution in [3.05, 3.63) is 24.3 Å². The Morgan fingerprint density at radius 1 is 1.42 bits per heavy atom. The third kappa shape index (κ3) is 4.79. The van der Waals surface area contributed by atoms with Gasteiger partial charge in [-0.1, -0.05) is 13.0 Å². The maximum atomic E-state index is 11.6. The molecule has 0 heterocycles. The fourth-order valence-corrected chi connectivity index (χ4v) is 2.01. The van der Waals surface area contributed by atoms with Crippen molar-refractivity contribution >= 4 is 34.0 Å². The van der Waals surface area contributed by atoms with Gasteiger partial charge in [0.2, 0.25) is 15.9 Å². The second-order valence-corrected chi connectivity index (χ2v) is 5.75. The molecule has 0 bridgehead atoms. The highest BCUT2D eigenvalue weighted by atomic mass is 35.5. The standard InChI is InChI=1S/C11H17N3O3S.ClH/c1-8(7-12)11(15)14-9-4-3-5-10(6-9)18(16,17)13-2;/h3-6,8,13H,7,12H2,1-2H3,(H,14,15);1H. The zero-order chi connectivity index (χ0) is 13.8. The third-order valence-corrected chi connectivity index (χ3v) is 3.89. The molecule has 8 heteroatoms. The molecule has 1 amide bonds. The summed E-state index contributed by atoms with van der Waals surface area (Å²) in [4.78, 5) is 11.7. The van der Waals surface area contributed by atoms with Gasteiger partial charge in [0.1, 0.15) is 0 Å². The molecule has 0 aliphatic rings. The van der Waals surface area contributed by atoms with Gasteiger partial charge in [0.05, 0.1) is 4.90 Å². The lowest BCUT2D eigenvalue weighted by Crippen LogP contribution is -2.26. The first-order chi connectivity index (χ1) is 8.40. The zero-order valence-electron chi connectivity index (χ0n) is 10.7. The van der Waals surface area contributed by atoms with E-state index in [1.165, 1.54) is 19.2 Å². The van der Waals surface area contributed by atoms with Crippen molar-refractivity contribution in [2.75, 3.05) is 18.9 Å². The van der Waals surface area contributed by atoms with E-state index < -0.39 is 10.0 Å². The molecule has 0 aliphatic carbocycles. The van der Waals surface area contributed by atoms with Crippen LogP contribution >= 0.6 is 12.4 Å². The Kier molecular flexibility index (Phi) is 6.99. The number of hydrogen-bond acceptors (Lipinski definition) is 4. The zero-order valence-corrected chi connectivity index (χ0v) is 12.3. The summed E-state index contributed by atoms with van der Waals surface area (Å²) in [5, 5.41) is 2.62. The number of carbonyl (C=O) groups excluding carboxylic acids is 1. The summed E-state index contributed by atoms with van der Waals surface area (Å²) in [6.07, 6.45) is 0. The number of carbonyl (C=O) groups is 1. The van der Waals surface area contributed by atoms with E-state index in [-0.39, 0.29) is 35.7 Å². The first kappa shape index (κ1) is 17.8. The quantitative estimate of drug-likeness (QED) is 0.739. The number of rotatable bonds is 5. The minimum atomic E-state index is -3.51. The number of halogens is 1. The molecule has 1 aromatic carbocycles. The van der Waals surface area contributed by atoms with Gasteiger partial charge < -0.3 is 11.1 Å². The molecule has 0 aliphatic heterocycles. The number of benzene rings is 1.